The molecule has 1 aromatic rings. The van der Waals surface area contributed by atoms with Crippen molar-refractivity contribution in [2.24, 2.45) is 0 Å². The second kappa shape index (κ2) is 5.32. The summed E-state index contributed by atoms with van der Waals surface area (Å²) in [6.45, 7) is 10.6. The van der Waals surface area contributed by atoms with Crippen LogP contribution in [0.5, 0.6) is 0 Å². The van der Waals surface area contributed by atoms with Gasteiger partial charge in [-0.3, -0.25) is 4.79 Å². The maximum Gasteiger partial charge on any atom is 0.244 e. The van der Waals surface area contributed by atoms with E-state index in [4.69, 9.17) is 0 Å². The van der Waals surface area contributed by atoms with Crippen LogP contribution in [0.2, 0.25) is 0 Å². The summed E-state index contributed by atoms with van der Waals surface area (Å²) in [4.78, 5) is 12.1. The molecule has 94 valence electrons. The van der Waals surface area contributed by atoms with Gasteiger partial charge in [0, 0.05) is 5.69 Å². The van der Waals surface area contributed by atoms with Crippen LogP contribution in [0.1, 0.15) is 31.9 Å². The number of hydrogen-bond acceptors (Lipinski definition) is 2. The average Bonchev–Trinajstić information content (AvgIpc) is 2.15. The molecule has 1 rings (SSSR count). The first kappa shape index (κ1) is 13.7. The van der Waals surface area contributed by atoms with E-state index in [9.17, 15) is 4.79 Å². The van der Waals surface area contributed by atoms with Gasteiger partial charge < -0.3 is 10.6 Å². The number of likely N-dealkylation sites (N-methyl/N-ethyl adjacent to an activating group) is 1. The van der Waals surface area contributed by atoms with Crippen molar-refractivity contribution in [3.8, 4) is 0 Å². The standard InChI is InChI=1S/C14H22N2O/c1-6-15-14(4,5)13(17)16-12-8-10(2)7-11(3)9-12/h7-9,15H,6H2,1-5H3,(H,16,17). The van der Waals surface area contributed by atoms with E-state index in [0.717, 1.165) is 23.4 Å². The molecule has 0 aliphatic rings. The summed E-state index contributed by atoms with van der Waals surface area (Å²) in [7, 11) is 0. The molecular weight excluding hydrogens is 212 g/mol. The maximum atomic E-state index is 12.1. The minimum atomic E-state index is -0.549. The van der Waals surface area contributed by atoms with Crippen LogP contribution in [0.4, 0.5) is 5.69 Å². The van der Waals surface area contributed by atoms with Gasteiger partial charge in [0.1, 0.15) is 0 Å². The van der Waals surface area contributed by atoms with Gasteiger partial charge in [-0.1, -0.05) is 13.0 Å². The van der Waals surface area contributed by atoms with Gasteiger partial charge in [0.05, 0.1) is 5.54 Å². The van der Waals surface area contributed by atoms with E-state index in [0.29, 0.717) is 0 Å². The minimum absolute atomic E-state index is 0.00986. The van der Waals surface area contributed by atoms with E-state index < -0.39 is 5.54 Å². The summed E-state index contributed by atoms with van der Waals surface area (Å²) in [6.07, 6.45) is 0. The number of hydrogen-bond donors (Lipinski definition) is 2. The molecule has 0 aliphatic carbocycles. The number of carbonyl (C=O) groups excluding carboxylic acids is 1. The third-order valence-electron chi connectivity index (χ3n) is 2.67. The number of nitrogens with one attached hydrogen (secondary N) is 2. The molecule has 0 unspecified atom stereocenters. The van der Waals surface area contributed by atoms with Crippen molar-refractivity contribution in [1.29, 1.82) is 0 Å². The van der Waals surface area contributed by atoms with Crippen LogP contribution >= 0.6 is 0 Å². The second-order valence-electron chi connectivity index (χ2n) is 4.99. The first-order valence-electron chi connectivity index (χ1n) is 6.00. The number of benzene rings is 1. The molecule has 0 fully saturated rings. The van der Waals surface area contributed by atoms with Crippen molar-refractivity contribution in [2.75, 3.05) is 11.9 Å². The quantitative estimate of drug-likeness (QED) is 0.841. The van der Waals surface area contributed by atoms with E-state index in [1.807, 2.05) is 46.8 Å². The molecule has 0 heterocycles. The summed E-state index contributed by atoms with van der Waals surface area (Å²) in [6, 6.07) is 6.05. The third kappa shape index (κ3) is 3.86. The molecule has 2 N–H and O–H groups in total. The van der Waals surface area contributed by atoms with Crippen LogP contribution in [-0.2, 0) is 4.79 Å². The number of rotatable bonds is 4. The molecule has 0 aliphatic heterocycles. The van der Waals surface area contributed by atoms with Crippen LogP contribution in [0.25, 0.3) is 0 Å². The van der Waals surface area contributed by atoms with Gasteiger partial charge in [0.25, 0.3) is 0 Å². The van der Waals surface area contributed by atoms with Gasteiger partial charge in [-0.25, -0.2) is 0 Å². The molecule has 0 spiro atoms. The molecule has 0 radical (unpaired) electrons. The average molecular weight is 234 g/mol. The summed E-state index contributed by atoms with van der Waals surface area (Å²) in [5.41, 5.74) is 2.62. The number of anilines is 1. The van der Waals surface area contributed by atoms with Crippen molar-refractivity contribution in [1.82, 2.24) is 5.32 Å². The Kier molecular flexibility index (Phi) is 4.29. The summed E-state index contributed by atoms with van der Waals surface area (Å²) in [5, 5.41) is 6.11. The highest BCUT2D eigenvalue weighted by Crippen LogP contribution is 2.15. The topological polar surface area (TPSA) is 41.1 Å². The highest BCUT2D eigenvalue weighted by Gasteiger charge is 2.26. The SMILES string of the molecule is CCNC(C)(C)C(=O)Nc1cc(C)cc(C)c1. The summed E-state index contributed by atoms with van der Waals surface area (Å²) < 4.78 is 0. The molecule has 0 aromatic heterocycles. The molecule has 3 nitrogen and oxygen atoms in total. The lowest BCUT2D eigenvalue weighted by Crippen LogP contribution is -2.49. The molecular formula is C14H22N2O. The lowest BCUT2D eigenvalue weighted by atomic mass is 10.0. The largest absolute Gasteiger partial charge is 0.324 e. The van der Waals surface area contributed by atoms with Crippen molar-refractivity contribution in [3.63, 3.8) is 0 Å². The van der Waals surface area contributed by atoms with Crippen LogP contribution in [0.15, 0.2) is 18.2 Å². The normalized spacial score (nSPS) is 11.4. The second-order valence-corrected chi connectivity index (χ2v) is 4.99. The Labute approximate surface area is 104 Å². The Morgan fingerprint density at radius 3 is 2.18 bits per heavy atom. The van der Waals surface area contributed by atoms with E-state index in [1.165, 1.54) is 0 Å². The van der Waals surface area contributed by atoms with E-state index in [-0.39, 0.29) is 5.91 Å². The number of amides is 1. The monoisotopic (exact) mass is 234 g/mol. The fourth-order valence-electron chi connectivity index (χ4n) is 1.86. The lowest BCUT2D eigenvalue weighted by molar-refractivity contribution is -0.121. The van der Waals surface area contributed by atoms with Crippen LogP contribution in [-0.4, -0.2) is 18.0 Å². The molecule has 1 aromatic carbocycles. The Balaban J connectivity index is 2.80. The molecule has 0 saturated carbocycles. The Morgan fingerprint density at radius 1 is 1.18 bits per heavy atom. The van der Waals surface area contributed by atoms with Gasteiger partial charge in [-0.15, -0.1) is 0 Å². The highest BCUT2D eigenvalue weighted by molar-refractivity contribution is 5.97. The first-order valence-corrected chi connectivity index (χ1v) is 6.00. The molecule has 0 saturated heterocycles. The fraction of sp³-hybridized carbons (Fsp3) is 0.500. The minimum Gasteiger partial charge on any atom is -0.324 e. The predicted octanol–water partition coefficient (Wildman–Crippen LogP) is 2.63. The van der Waals surface area contributed by atoms with E-state index >= 15 is 0 Å². The first-order chi connectivity index (χ1) is 7.85. The van der Waals surface area contributed by atoms with Crippen LogP contribution in [0.3, 0.4) is 0 Å². The smallest absolute Gasteiger partial charge is 0.244 e. The van der Waals surface area contributed by atoms with Crippen LogP contribution < -0.4 is 10.6 Å². The molecule has 0 atom stereocenters. The van der Waals surface area contributed by atoms with Gasteiger partial charge in [-0.2, -0.15) is 0 Å². The lowest BCUT2D eigenvalue weighted by Gasteiger charge is -2.24. The van der Waals surface area contributed by atoms with Gasteiger partial charge in [0.15, 0.2) is 0 Å². The van der Waals surface area contributed by atoms with Crippen molar-refractivity contribution >= 4 is 11.6 Å². The number of aryl methyl sites for hydroxylation is 2. The zero-order valence-electron chi connectivity index (χ0n) is 11.3. The van der Waals surface area contributed by atoms with Crippen LogP contribution in [0, 0.1) is 13.8 Å². The summed E-state index contributed by atoms with van der Waals surface area (Å²) in [5.74, 6) is -0.00986. The zero-order chi connectivity index (χ0) is 13.1. The van der Waals surface area contributed by atoms with Crippen molar-refractivity contribution < 1.29 is 4.79 Å². The Hall–Kier alpha value is -1.35. The zero-order valence-corrected chi connectivity index (χ0v) is 11.3. The fourth-order valence-corrected chi connectivity index (χ4v) is 1.86. The highest BCUT2D eigenvalue weighted by atomic mass is 16.2. The van der Waals surface area contributed by atoms with Crippen molar-refractivity contribution in [2.45, 2.75) is 40.2 Å². The Morgan fingerprint density at radius 2 is 1.71 bits per heavy atom. The van der Waals surface area contributed by atoms with Crippen molar-refractivity contribution in [3.05, 3.63) is 29.3 Å². The molecule has 3 heteroatoms. The number of carbonyl (C=O) groups is 1. The molecule has 0 bridgehead atoms. The Bertz CT molecular complexity index is 390. The van der Waals surface area contributed by atoms with Gasteiger partial charge in [0.2, 0.25) is 5.91 Å². The van der Waals surface area contributed by atoms with Gasteiger partial charge >= 0.3 is 0 Å². The molecule has 1 amide bonds. The summed E-state index contributed by atoms with van der Waals surface area (Å²) >= 11 is 0. The maximum absolute atomic E-state index is 12.1. The van der Waals surface area contributed by atoms with E-state index in [2.05, 4.69) is 16.7 Å². The van der Waals surface area contributed by atoms with Gasteiger partial charge in [-0.05, 0) is 57.5 Å². The molecule has 17 heavy (non-hydrogen) atoms. The third-order valence-corrected chi connectivity index (χ3v) is 2.67. The predicted molar refractivity (Wildman–Crippen MR) is 72.3 cm³/mol. The van der Waals surface area contributed by atoms with E-state index in [1.54, 1.807) is 0 Å².